The minimum absolute atomic E-state index is 0.428. The summed E-state index contributed by atoms with van der Waals surface area (Å²) in [6.07, 6.45) is 5.46. The fourth-order valence-electron chi connectivity index (χ4n) is 2.24. The van der Waals surface area contributed by atoms with E-state index in [1.54, 1.807) is 0 Å². The number of halogens is 2. The molecule has 3 heteroatoms. The van der Waals surface area contributed by atoms with Crippen LogP contribution in [0.15, 0.2) is 16.6 Å². The number of rotatable bonds is 3. The molecule has 88 valence electrons. The summed E-state index contributed by atoms with van der Waals surface area (Å²) in [5.74, 6) is 1.08. The van der Waals surface area contributed by atoms with Crippen molar-refractivity contribution in [3.8, 4) is 5.75 Å². The van der Waals surface area contributed by atoms with E-state index in [0.717, 1.165) is 15.6 Å². The smallest absolute Gasteiger partial charge is 0.126 e. The average molecular weight is 348 g/mol. The molecule has 1 saturated carbocycles. The number of benzene rings is 1. The Hall–Kier alpha value is -0.0200. The molecular weight excluding hydrogens is 332 g/mol. The van der Waals surface area contributed by atoms with E-state index < -0.39 is 0 Å². The molecule has 0 aromatic heterocycles. The van der Waals surface area contributed by atoms with Crippen LogP contribution in [-0.4, -0.2) is 6.10 Å². The highest BCUT2D eigenvalue weighted by Gasteiger charge is 2.19. The monoisotopic (exact) mass is 346 g/mol. The van der Waals surface area contributed by atoms with Gasteiger partial charge >= 0.3 is 0 Å². The predicted octanol–water partition coefficient (Wildman–Crippen LogP) is 4.97. The molecule has 0 amide bonds. The van der Waals surface area contributed by atoms with Gasteiger partial charge in [0.05, 0.1) is 6.10 Å². The largest absolute Gasteiger partial charge is 0.490 e. The first-order valence-corrected chi connectivity index (χ1v) is 7.64. The maximum Gasteiger partial charge on any atom is 0.126 e. The van der Waals surface area contributed by atoms with Gasteiger partial charge in [0, 0.05) is 15.4 Å². The molecule has 1 aromatic carbocycles. The first-order valence-electron chi connectivity index (χ1n) is 5.72. The first kappa shape index (κ1) is 12.4. The fourth-order valence-corrected chi connectivity index (χ4v) is 3.28. The topological polar surface area (TPSA) is 9.23 Å². The Morgan fingerprint density at radius 3 is 2.62 bits per heavy atom. The van der Waals surface area contributed by atoms with Crippen LogP contribution in [0.1, 0.15) is 36.8 Å². The van der Waals surface area contributed by atoms with Crippen LogP contribution in [0.2, 0.25) is 0 Å². The number of alkyl halides is 1. The van der Waals surface area contributed by atoms with E-state index >= 15 is 0 Å². The molecule has 0 saturated heterocycles. The van der Waals surface area contributed by atoms with Crippen molar-refractivity contribution in [2.75, 3.05) is 0 Å². The van der Waals surface area contributed by atoms with Gasteiger partial charge in [-0.15, -0.1) is 0 Å². The Morgan fingerprint density at radius 2 is 2.00 bits per heavy atom. The minimum atomic E-state index is 0.428. The quantitative estimate of drug-likeness (QED) is 0.701. The Bertz CT molecular complexity index is 370. The van der Waals surface area contributed by atoms with E-state index in [-0.39, 0.29) is 0 Å². The van der Waals surface area contributed by atoms with Crippen LogP contribution in [-0.2, 0) is 5.33 Å². The fraction of sp³-hybridized carbons (Fsp3) is 0.538. The van der Waals surface area contributed by atoms with Gasteiger partial charge in [0.1, 0.15) is 5.75 Å². The van der Waals surface area contributed by atoms with Gasteiger partial charge in [0.25, 0.3) is 0 Å². The van der Waals surface area contributed by atoms with Crippen LogP contribution in [0.3, 0.4) is 0 Å². The number of aryl methyl sites for hydroxylation is 1. The zero-order chi connectivity index (χ0) is 11.5. The summed E-state index contributed by atoms with van der Waals surface area (Å²) in [5.41, 5.74) is 2.45. The Kier molecular flexibility index (Phi) is 4.31. The van der Waals surface area contributed by atoms with Crippen LogP contribution in [0, 0.1) is 6.92 Å². The van der Waals surface area contributed by atoms with Crippen LogP contribution in [0.4, 0.5) is 0 Å². The molecule has 1 aromatic rings. The van der Waals surface area contributed by atoms with E-state index in [4.69, 9.17) is 4.74 Å². The molecule has 0 bridgehead atoms. The van der Waals surface area contributed by atoms with Crippen molar-refractivity contribution >= 4 is 31.9 Å². The van der Waals surface area contributed by atoms with E-state index in [0.29, 0.717) is 6.10 Å². The second kappa shape index (κ2) is 5.54. The molecule has 0 atom stereocenters. The summed E-state index contributed by atoms with van der Waals surface area (Å²) in [4.78, 5) is 0. The lowest BCUT2D eigenvalue weighted by Gasteiger charge is -2.18. The standard InChI is InChI=1S/C13H16Br2O/c1-9-6-11(15)7-10(8-14)13(9)16-12-4-2-3-5-12/h6-7,12H,2-5,8H2,1H3. The van der Waals surface area contributed by atoms with E-state index in [1.165, 1.54) is 36.8 Å². The van der Waals surface area contributed by atoms with Crippen molar-refractivity contribution in [2.24, 2.45) is 0 Å². The number of hydrogen-bond acceptors (Lipinski definition) is 1. The molecule has 16 heavy (non-hydrogen) atoms. The van der Waals surface area contributed by atoms with E-state index in [2.05, 4.69) is 50.9 Å². The summed E-state index contributed by atoms with van der Waals surface area (Å²) in [6, 6.07) is 4.25. The number of hydrogen-bond donors (Lipinski definition) is 0. The normalized spacial score (nSPS) is 16.7. The van der Waals surface area contributed by atoms with Crippen LogP contribution < -0.4 is 4.74 Å². The third-order valence-corrected chi connectivity index (χ3v) is 4.11. The molecule has 0 aliphatic heterocycles. The van der Waals surface area contributed by atoms with Crippen molar-refractivity contribution in [3.05, 3.63) is 27.7 Å². The highest BCUT2D eigenvalue weighted by molar-refractivity contribution is 9.10. The van der Waals surface area contributed by atoms with Gasteiger partial charge in [-0.1, -0.05) is 31.9 Å². The van der Waals surface area contributed by atoms with Crippen molar-refractivity contribution in [1.29, 1.82) is 0 Å². The third-order valence-electron chi connectivity index (χ3n) is 3.05. The summed E-state index contributed by atoms with van der Waals surface area (Å²) in [5, 5.41) is 0.843. The Labute approximate surface area is 114 Å². The molecule has 1 nitrogen and oxygen atoms in total. The van der Waals surface area contributed by atoms with Crippen molar-refractivity contribution in [3.63, 3.8) is 0 Å². The molecule has 0 heterocycles. The zero-order valence-electron chi connectivity index (χ0n) is 9.43. The molecule has 0 N–H and O–H groups in total. The molecular formula is C13H16Br2O. The summed E-state index contributed by atoms with van der Waals surface area (Å²) < 4.78 is 7.26. The van der Waals surface area contributed by atoms with Gasteiger partial charge in [-0.25, -0.2) is 0 Å². The summed E-state index contributed by atoms with van der Waals surface area (Å²) in [6.45, 7) is 2.11. The number of ether oxygens (including phenoxy) is 1. The molecule has 0 radical (unpaired) electrons. The lowest BCUT2D eigenvalue weighted by atomic mass is 10.1. The molecule has 0 unspecified atom stereocenters. The van der Waals surface area contributed by atoms with Crippen LogP contribution in [0.5, 0.6) is 5.75 Å². The minimum Gasteiger partial charge on any atom is -0.490 e. The van der Waals surface area contributed by atoms with Crippen molar-refractivity contribution in [2.45, 2.75) is 44.0 Å². The molecule has 1 fully saturated rings. The predicted molar refractivity (Wildman–Crippen MR) is 74.4 cm³/mol. The Morgan fingerprint density at radius 1 is 1.31 bits per heavy atom. The molecule has 0 spiro atoms. The lowest BCUT2D eigenvalue weighted by Crippen LogP contribution is -2.13. The zero-order valence-corrected chi connectivity index (χ0v) is 12.6. The van der Waals surface area contributed by atoms with Crippen molar-refractivity contribution in [1.82, 2.24) is 0 Å². The van der Waals surface area contributed by atoms with E-state index in [1.807, 2.05) is 0 Å². The first-order chi connectivity index (χ1) is 7.70. The van der Waals surface area contributed by atoms with Gasteiger partial charge < -0.3 is 4.74 Å². The van der Waals surface area contributed by atoms with Crippen LogP contribution >= 0.6 is 31.9 Å². The maximum atomic E-state index is 6.13. The second-order valence-corrected chi connectivity index (χ2v) is 5.85. The van der Waals surface area contributed by atoms with Gasteiger partial charge in [0.15, 0.2) is 0 Å². The lowest BCUT2D eigenvalue weighted by molar-refractivity contribution is 0.207. The maximum absolute atomic E-state index is 6.13. The summed E-state index contributed by atoms with van der Waals surface area (Å²) >= 11 is 7.05. The Balaban J connectivity index is 2.23. The van der Waals surface area contributed by atoms with Gasteiger partial charge in [-0.3, -0.25) is 0 Å². The third kappa shape index (κ3) is 2.80. The van der Waals surface area contributed by atoms with Gasteiger partial charge in [-0.05, 0) is 50.3 Å². The van der Waals surface area contributed by atoms with Gasteiger partial charge in [-0.2, -0.15) is 0 Å². The van der Waals surface area contributed by atoms with Crippen LogP contribution in [0.25, 0.3) is 0 Å². The average Bonchev–Trinajstić information content (AvgIpc) is 2.74. The molecule has 1 aliphatic rings. The molecule has 2 rings (SSSR count). The highest BCUT2D eigenvalue weighted by atomic mass is 79.9. The second-order valence-electron chi connectivity index (χ2n) is 4.37. The van der Waals surface area contributed by atoms with E-state index in [9.17, 15) is 0 Å². The SMILES string of the molecule is Cc1cc(Br)cc(CBr)c1OC1CCCC1. The summed E-state index contributed by atoms with van der Waals surface area (Å²) in [7, 11) is 0. The van der Waals surface area contributed by atoms with Gasteiger partial charge in [0.2, 0.25) is 0 Å². The highest BCUT2D eigenvalue weighted by Crippen LogP contribution is 2.33. The van der Waals surface area contributed by atoms with Crippen molar-refractivity contribution < 1.29 is 4.74 Å². The molecule has 1 aliphatic carbocycles.